The molecular weight excluding hydrogens is 862 g/mol. The van der Waals surface area contributed by atoms with Crippen LogP contribution in [0.2, 0.25) is 0 Å². The number of nitrogens with one attached hydrogen (secondary N) is 1. The molecule has 2 heterocycles. The van der Waals surface area contributed by atoms with Crippen LogP contribution in [0.3, 0.4) is 0 Å². The van der Waals surface area contributed by atoms with Gasteiger partial charge in [-0.1, -0.05) is 44.9 Å². The Morgan fingerprint density at radius 3 is 2.41 bits per heavy atom. The van der Waals surface area contributed by atoms with Gasteiger partial charge in [0, 0.05) is 26.0 Å². The van der Waals surface area contributed by atoms with E-state index >= 15 is 0 Å². The third-order valence-corrected chi connectivity index (χ3v) is 14.4. The van der Waals surface area contributed by atoms with E-state index in [9.17, 15) is 23.9 Å². The Hall–Kier alpha value is -3.42. The lowest BCUT2D eigenvalue weighted by atomic mass is 9.60. The van der Waals surface area contributed by atoms with Gasteiger partial charge in [0.05, 0.1) is 61.5 Å². The van der Waals surface area contributed by atoms with Crippen LogP contribution < -0.4 is 10.1 Å². The quantitative estimate of drug-likeness (QED) is 0.0230. The van der Waals surface area contributed by atoms with Crippen molar-refractivity contribution in [1.82, 2.24) is 5.32 Å². The fraction of sp³-hybridized carbons (Fsp3) is 0.776. The Balaban J connectivity index is 0.798. The molecule has 0 aromatic heterocycles. The number of alkyl halides is 1. The zero-order valence-corrected chi connectivity index (χ0v) is 39.1. The van der Waals surface area contributed by atoms with Crippen molar-refractivity contribution in [3.8, 4) is 5.75 Å². The average Bonchev–Trinajstić information content (AvgIpc) is 3.97. The van der Waals surface area contributed by atoms with E-state index in [1.165, 1.54) is 31.7 Å². The molecule has 1 aromatic rings. The highest BCUT2D eigenvalue weighted by molar-refractivity contribution is 5.78. The van der Waals surface area contributed by atoms with E-state index in [2.05, 4.69) is 24.0 Å². The summed E-state index contributed by atoms with van der Waals surface area (Å²) in [5.41, 5.74) is -0.911. The first kappa shape index (κ1) is 52.0. The minimum absolute atomic E-state index is 0.0215. The number of carboxylic acid groups (broad SMARTS) is 1. The zero-order valence-electron chi connectivity index (χ0n) is 39.1. The number of carbonyl (C=O) groups is 3. The molecule has 1 spiro atoms. The molecule has 0 bridgehead atoms. The van der Waals surface area contributed by atoms with Crippen LogP contribution in [0.25, 0.3) is 0 Å². The number of ether oxygens (including phenoxy) is 5. The van der Waals surface area contributed by atoms with E-state index in [4.69, 9.17) is 53.0 Å². The summed E-state index contributed by atoms with van der Waals surface area (Å²) in [6, 6.07) is 8.44. The van der Waals surface area contributed by atoms with Crippen LogP contribution in [0.15, 0.2) is 36.6 Å². The molecule has 6 rings (SSSR count). The molecule has 2 saturated heterocycles. The van der Waals surface area contributed by atoms with E-state index in [0.717, 1.165) is 50.7 Å². The maximum absolute atomic E-state index is 14.1. The number of hydrogen-bond acceptors (Lipinski definition) is 15. The van der Waals surface area contributed by atoms with E-state index < -0.39 is 47.4 Å². The second-order valence-electron chi connectivity index (χ2n) is 19.1. The molecule has 5 fully saturated rings. The second-order valence-corrected chi connectivity index (χ2v) is 19.1. The van der Waals surface area contributed by atoms with Gasteiger partial charge in [0.2, 0.25) is 0 Å². The number of carboxylic acids is 1. The Bertz CT molecular complexity index is 1670. The number of rotatable bonds is 26. The van der Waals surface area contributed by atoms with Crippen molar-refractivity contribution in [3.05, 3.63) is 42.2 Å². The number of carbonyl (C=O) groups excluding carboxylic acids is 2. The first-order valence-electron chi connectivity index (χ1n) is 24.3. The van der Waals surface area contributed by atoms with E-state index in [1.807, 2.05) is 12.1 Å². The Morgan fingerprint density at radius 2 is 1.65 bits per heavy atom. The van der Waals surface area contributed by atoms with Gasteiger partial charge in [-0.15, -0.1) is 0 Å². The standard InChI is InChI=1S/C49H74FNO15/c1-35(45(54)57-29-30-62-61-27-17-37-9-6-10-42-43(37)65-42)32-47(3,33-50)46(55)58-28-22-51-34-64-60-25-7-23-56-40-13-11-38(12-14-40)48(18-4-5-19-48)39-15-20-49(21-16-39)41(44(52)53)31-36(2)66-63-26-8-24-59-49/h11-14,35,37,39,41-43,51H,2,4-10,15-34H2,1,3H3,(H,52,53). The van der Waals surface area contributed by atoms with Gasteiger partial charge in [-0.3, -0.25) is 19.7 Å². The van der Waals surface area contributed by atoms with Gasteiger partial charge in [-0.2, -0.15) is 4.89 Å². The van der Waals surface area contributed by atoms with Crippen molar-refractivity contribution >= 4 is 17.9 Å². The summed E-state index contributed by atoms with van der Waals surface area (Å²) in [6.45, 7) is 8.21. The summed E-state index contributed by atoms with van der Waals surface area (Å²) in [4.78, 5) is 69.1. The summed E-state index contributed by atoms with van der Waals surface area (Å²) >= 11 is 0. The Labute approximate surface area is 388 Å². The lowest BCUT2D eigenvalue weighted by Crippen LogP contribution is -2.50. The zero-order chi connectivity index (χ0) is 46.8. The van der Waals surface area contributed by atoms with Crippen molar-refractivity contribution in [2.45, 2.75) is 140 Å². The fourth-order valence-electron chi connectivity index (χ4n) is 10.7. The molecule has 3 saturated carbocycles. The van der Waals surface area contributed by atoms with Gasteiger partial charge in [-0.05, 0) is 112 Å². The minimum atomic E-state index is -1.51. The molecule has 1 aromatic carbocycles. The van der Waals surface area contributed by atoms with Crippen LogP contribution in [0.5, 0.6) is 5.75 Å². The number of benzene rings is 1. The number of epoxide rings is 1. The maximum atomic E-state index is 14.1. The molecule has 6 atom stereocenters. The second kappa shape index (κ2) is 25.8. The normalized spacial score (nSPS) is 27.7. The van der Waals surface area contributed by atoms with Crippen molar-refractivity contribution in [1.29, 1.82) is 0 Å². The smallest absolute Gasteiger partial charge is 0.314 e. The molecule has 2 N–H and O–H groups in total. The van der Waals surface area contributed by atoms with Crippen molar-refractivity contribution < 1.29 is 76.9 Å². The Morgan fingerprint density at radius 1 is 0.894 bits per heavy atom. The largest absolute Gasteiger partial charge is 0.494 e. The van der Waals surface area contributed by atoms with Crippen molar-refractivity contribution in [2.75, 3.05) is 72.8 Å². The molecular formula is C49H74FNO15. The van der Waals surface area contributed by atoms with Gasteiger partial charge in [-0.25, -0.2) is 23.9 Å². The van der Waals surface area contributed by atoms with Gasteiger partial charge in [0.15, 0.2) is 0 Å². The fourth-order valence-corrected chi connectivity index (χ4v) is 10.7. The summed E-state index contributed by atoms with van der Waals surface area (Å²) in [6.07, 6.45) is 14.1. The van der Waals surface area contributed by atoms with Gasteiger partial charge in [0.1, 0.15) is 44.7 Å². The van der Waals surface area contributed by atoms with E-state index in [1.54, 1.807) is 6.92 Å². The van der Waals surface area contributed by atoms with Crippen LogP contribution in [0.1, 0.15) is 122 Å². The van der Waals surface area contributed by atoms with Crippen LogP contribution in [-0.2, 0) is 68.1 Å². The molecule has 0 amide bonds. The summed E-state index contributed by atoms with van der Waals surface area (Å²) < 4.78 is 42.8. The van der Waals surface area contributed by atoms with E-state index in [-0.39, 0.29) is 51.4 Å². The number of allylic oxidation sites excluding steroid dienone is 1. The summed E-state index contributed by atoms with van der Waals surface area (Å²) in [5.74, 6) is -1.66. The van der Waals surface area contributed by atoms with Crippen molar-refractivity contribution in [2.24, 2.45) is 29.1 Å². The van der Waals surface area contributed by atoms with Gasteiger partial charge >= 0.3 is 17.9 Å². The third-order valence-electron chi connectivity index (χ3n) is 14.4. The monoisotopic (exact) mass is 936 g/mol. The molecule has 5 aliphatic rings. The lowest BCUT2D eigenvalue weighted by molar-refractivity contribution is -0.300. The van der Waals surface area contributed by atoms with Crippen LogP contribution in [0, 0.1) is 29.1 Å². The first-order chi connectivity index (χ1) is 32.0. The topological polar surface area (TPSA) is 188 Å². The van der Waals surface area contributed by atoms with E-state index in [0.29, 0.717) is 88.5 Å². The number of fused-ring (bicyclic) bond motifs is 1. The molecule has 0 radical (unpaired) electrons. The first-order valence-corrected chi connectivity index (χ1v) is 24.3. The highest BCUT2D eigenvalue weighted by atomic mass is 19.1. The molecule has 6 unspecified atom stereocenters. The predicted molar refractivity (Wildman–Crippen MR) is 236 cm³/mol. The lowest BCUT2D eigenvalue weighted by Gasteiger charge is -2.48. The molecule has 66 heavy (non-hydrogen) atoms. The molecule has 17 heteroatoms. The molecule has 16 nitrogen and oxygen atoms in total. The summed E-state index contributed by atoms with van der Waals surface area (Å²) in [7, 11) is 0. The SMILES string of the molecule is C=C1CC(C(=O)O)C2(CCC(C3(c4ccc(OCCCOOCNCCOC(=O)C(C)(CF)CC(C)C(=O)OCCOOCCC5CCCC6OC56)cc4)CCCC3)CC2)OCCCOO1. The van der Waals surface area contributed by atoms with Crippen LogP contribution in [-0.4, -0.2) is 114 Å². The van der Waals surface area contributed by atoms with Gasteiger partial charge in [0.25, 0.3) is 0 Å². The van der Waals surface area contributed by atoms with Crippen LogP contribution >= 0.6 is 0 Å². The maximum Gasteiger partial charge on any atom is 0.314 e. The minimum Gasteiger partial charge on any atom is -0.494 e. The molecule has 3 aliphatic carbocycles. The highest BCUT2D eigenvalue weighted by Crippen LogP contribution is 2.55. The Kier molecular flexibility index (Phi) is 20.3. The summed E-state index contributed by atoms with van der Waals surface area (Å²) in [5, 5.41) is 13.2. The molecule has 372 valence electrons. The van der Waals surface area contributed by atoms with Crippen LogP contribution in [0.4, 0.5) is 4.39 Å². The average molecular weight is 936 g/mol. The number of esters is 2. The number of hydrogen-bond donors (Lipinski definition) is 2. The third kappa shape index (κ3) is 14.5. The predicted octanol–water partition coefficient (Wildman–Crippen LogP) is 7.66. The molecule has 2 aliphatic heterocycles. The number of halogens is 1. The van der Waals surface area contributed by atoms with Crippen molar-refractivity contribution in [3.63, 3.8) is 0 Å². The highest BCUT2D eigenvalue weighted by Gasteiger charge is 2.52. The number of aliphatic carboxylic acids is 1. The van der Waals surface area contributed by atoms with Gasteiger partial charge < -0.3 is 33.7 Å².